The second kappa shape index (κ2) is 4.75. The van der Waals surface area contributed by atoms with Crippen LogP contribution in [0.5, 0.6) is 0 Å². The average Bonchev–Trinajstić information content (AvgIpc) is 2.48. The Labute approximate surface area is 89.8 Å². The Bertz CT molecular complexity index is 245. The summed E-state index contributed by atoms with van der Waals surface area (Å²) < 4.78 is 0. The van der Waals surface area contributed by atoms with E-state index in [1.807, 2.05) is 0 Å². The largest absolute Gasteiger partial charge is 0.480 e. The van der Waals surface area contributed by atoms with Crippen LogP contribution in [0, 0.1) is 5.92 Å². The van der Waals surface area contributed by atoms with Gasteiger partial charge in [0.1, 0.15) is 0 Å². The fourth-order valence-electron chi connectivity index (χ4n) is 1.52. The average molecular weight is 266 g/mol. The van der Waals surface area contributed by atoms with Gasteiger partial charge in [-0.1, -0.05) is 15.9 Å². The van der Waals surface area contributed by atoms with Crippen molar-refractivity contribution in [3.8, 4) is 0 Å². The highest BCUT2D eigenvalue weighted by Gasteiger charge is 2.36. The van der Waals surface area contributed by atoms with Crippen LogP contribution in [0.4, 0.5) is 0 Å². The Balaban J connectivity index is 2.68. The lowest BCUT2D eigenvalue weighted by Crippen LogP contribution is -2.44. The predicted molar refractivity (Wildman–Crippen MR) is 52.1 cm³/mol. The second-order valence-corrected chi connectivity index (χ2v) is 3.95. The summed E-state index contributed by atoms with van der Waals surface area (Å²) >= 11 is 3.25. The zero-order chi connectivity index (χ0) is 10.7. The van der Waals surface area contributed by atoms with Crippen LogP contribution in [-0.4, -0.2) is 51.5 Å². The van der Waals surface area contributed by atoms with E-state index < -0.39 is 18.6 Å². The summed E-state index contributed by atoms with van der Waals surface area (Å²) in [6.45, 7) is -0.127. The number of rotatable bonds is 4. The zero-order valence-corrected chi connectivity index (χ0v) is 9.11. The van der Waals surface area contributed by atoms with E-state index >= 15 is 0 Å². The molecule has 0 spiro atoms. The van der Waals surface area contributed by atoms with E-state index in [-0.39, 0.29) is 11.8 Å². The first-order chi connectivity index (χ1) is 6.60. The molecule has 2 unspecified atom stereocenters. The third-order valence-electron chi connectivity index (χ3n) is 2.29. The Morgan fingerprint density at radius 3 is 2.71 bits per heavy atom. The van der Waals surface area contributed by atoms with E-state index in [4.69, 9.17) is 10.2 Å². The van der Waals surface area contributed by atoms with Gasteiger partial charge < -0.3 is 15.1 Å². The number of hydrogen-bond donors (Lipinski definition) is 2. The molecule has 2 atom stereocenters. The lowest BCUT2D eigenvalue weighted by molar-refractivity contribution is -0.149. The molecule has 6 heteroatoms. The maximum Gasteiger partial charge on any atom is 0.328 e. The number of likely N-dealkylation sites (tertiary alicyclic amines) is 1. The Morgan fingerprint density at radius 1 is 1.71 bits per heavy atom. The van der Waals surface area contributed by atoms with Crippen LogP contribution in [0.3, 0.4) is 0 Å². The van der Waals surface area contributed by atoms with E-state index in [1.54, 1.807) is 0 Å². The topological polar surface area (TPSA) is 77.8 Å². The highest BCUT2D eigenvalue weighted by Crippen LogP contribution is 2.21. The minimum absolute atomic E-state index is 0.149. The second-order valence-electron chi connectivity index (χ2n) is 3.31. The molecule has 0 saturated carbocycles. The van der Waals surface area contributed by atoms with Gasteiger partial charge in [0.05, 0.1) is 6.61 Å². The summed E-state index contributed by atoms with van der Waals surface area (Å²) in [7, 11) is 0. The van der Waals surface area contributed by atoms with Gasteiger partial charge in [0, 0.05) is 18.3 Å². The number of halogens is 1. The minimum Gasteiger partial charge on any atom is -0.480 e. The van der Waals surface area contributed by atoms with Gasteiger partial charge in [0.15, 0.2) is 6.04 Å². The molecule has 14 heavy (non-hydrogen) atoms. The van der Waals surface area contributed by atoms with Crippen molar-refractivity contribution in [3.63, 3.8) is 0 Å². The molecule has 5 nitrogen and oxygen atoms in total. The third-order valence-corrected chi connectivity index (χ3v) is 3.21. The van der Waals surface area contributed by atoms with Crippen LogP contribution < -0.4 is 0 Å². The Morgan fingerprint density at radius 2 is 2.36 bits per heavy atom. The summed E-state index contributed by atoms with van der Waals surface area (Å²) in [4.78, 5) is 23.3. The van der Waals surface area contributed by atoms with Gasteiger partial charge >= 0.3 is 5.97 Å². The SMILES string of the molecule is O=C(O)C(CO)N1CC(CBr)CC1=O. The monoisotopic (exact) mass is 265 g/mol. The number of amides is 1. The number of aliphatic carboxylic acids is 1. The molecule has 0 aliphatic carbocycles. The van der Waals surface area contributed by atoms with E-state index in [0.717, 1.165) is 0 Å². The Kier molecular flexibility index (Phi) is 3.88. The first-order valence-corrected chi connectivity index (χ1v) is 5.41. The molecule has 1 saturated heterocycles. The molecule has 0 bridgehead atoms. The summed E-state index contributed by atoms with van der Waals surface area (Å²) in [6, 6.07) is -1.09. The maximum absolute atomic E-state index is 11.4. The highest BCUT2D eigenvalue weighted by atomic mass is 79.9. The smallest absolute Gasteiger partial charge is 0.328 e. The van der Waals surface area contributed by atoms with Crippen LogP contribution in [-0.2, 0) is 9.59 Å². The van der Waals surface area contributed by atoms with Crippen molar-refractivity contribution < 1.29 is 19.8 Å². The molecule has 1 heterocycles. The first-order valence-electron chi connectivity index (χ1n) is 4.29. The number of alkyl halides is 1. The van der Waals surface area contributed by atoms with Crippen LogP contribution in [0.2, 0.25) is 0 Å². The van der Waals surface area contributed by atoms with Gasteiger partial charge in [-0.3, -0.25) is 4.79 Å². The zero-order valence-electron chi connectivity index (χ0n) is 7.52. The van der Waals surface area contributed by atoms with Gasteiger partial charge in [-0.25, -0.2) is 4.79 Å². The van der Waals surface area contributed by atoms with Gasteiger partial charge in [0.2, 0.25) is 5.91 Å². The molecule has 1 fully saturated rings. The minimum atomic E-state index is -1.16. The Hall–Kier alpha value is -0.620. The molecule has 0 aromatic heterocycles. The van der Waals surface area contributed by atoms with Gasteiger partial charge in [0.25, 0.3) is 0 Å². The number of hydrogen-bond acceptors (Lipinski definition) is 3. The van der Waals surface area contributed by atoms with E-state index in [1.165, 1.54) is 4.90 Å². The fraction of sp³-hybridized carbons (Fsp3) is 0.750. The molecule has 1 rings (SSSR count). The quantitative estimate of drug-likeness (QED) is 0.683. The van der Waals surface area contributed by atoms with Crippen molar-refractivity contribution in [2.45, 2.75) is 12.5 Å². The molecule has 0 radical (unpaired) electrons. The van der Waals surface area contributed by atoms with Crippen LogP contribution in [0.25, 0.3) is 0 Å². The number of aliphatic hydroxyl groups excluding tert-OH is 1. The molecule has 0 aromatic rings. The third kappa shape index (κ3) is 2.24. The molecule has 1 aliphatic rings. The molecular weight excluding hydrogens is 254 g/mol. The number of nitrogens with zero attached hydrogens (tertiary/aromatic N) is 1. The summed E-state index contributed by atoms with van der Waals surface area (Å²) in [6.07, 6.45) is 0.356. The first kappa shape index (κ1) is 11.5. The van der Waals surface area contributed by atoms with Gasteiger partial charge in [-0.15, -0.1) is 0 Å². The van der Waals surface area contributed by atoms with Crippen LogP contribution in [0.15, 0.2) is 0 Å². The standard InChI is InChI=1S/C8H12BrNO4/c9-2-5-1-7(12)10(3-5)6(4-11)8(13)14/h5-6,11H,1-4H2,(H,13,14). The van der Waals surface area contributed by atoms with Crippen molar-refractivity contribution >= 4 is 27.8 Å². The van der Waals surface area contributed by atoms with Crippen LogP contribution in [0.1, 0.15) is 6.42 Å². The molecule has 80 valence electrons. The molecular formula is C8H12BrNO4. The van der Waals surface area contributed by atoms with Crippen LogP contribution >= 0.6 is 15.9 Å². The van der Waals surface area contributed by atoms with Crippen molar-refractivity contribution in [2.75, 3.05) is 18.5 Å². The predicted octanol–water partition coefficient (Wildman–Crippen LogP) is -0.325. The lowest BCUT2D eigenvalue weighted by atomic mass is 10.2. The van der Waals surface area contributed by atoms with Crippen molar-refractivity contribution in [3.05, 3.63) is 0 Å². The number of carbonyl (C=O) groups excluding carboxylic acids is 1. The lowest BCUT2D eigenvalue weighted by Gasteiger charge is -2.22. The number of carbonyl (C=O) groups is 2. The van der Waals surface area contributed by atoms with E-state index in [9.17, 15) is 9.59 Å². The molecule has 0 aromatic carbocycles. The summed E-state index contributed by atoms with van der Waals surface area (Å²) in [5, 5.41) is 18.3. The highest BCUT2D eigenvalue weighted by molar-refractivity contribution is 9.09. The van der Waals surface area contributed by atoms with E-state index in [2.05, 4.69) is 15.9 Å². The fourth-order valence-corrected chi connectivity index (χ4v) is 1.96. The van der Waals surface area contributed by atoms with Gasteiger partial charge in [-0.2, -0.15) is 0 Å². The normalized spacial score (nSPS) is 24.0. The molecule has 1 aliphatic heterocycles. The number of carboxylic acid groups (broad SMARTS) is 1. The number of aliphatic hydroxyl groups is 1. The summed E-state index contributed by atoms with van der Waals surface area (Å²) in [5.74, 6) is -1.21. The summed E-state index contributed by atoms with van der Waals surface area (Å²) in [5.41, 5.74) is 0. The van der Waals surface area contributed by atoms with Crippen molar-refractivity contribution in [1.29, 1.82) is 0 Å². The van der Waals surface area contributed by atoms with E-state index in [0.29, 0.717) is 18.3 Å². The number of carboxylic acids is 1. The molecule has 2 N–H and O–H groups in total. The maximum atomic E-state index is 11.4. The van der Waals surface area contributed by atoms with Gasteiger partial charge in [-0.05, 0) is 5.92 Å². The molecule has 1 amide bonds. The van der Waals surface area contributed by atoms with Crippen molar-refractivity contribution in [1.82, 2.24) is 4.90 Å². The van der Waals surface area contributed by atoms with Crippen molar-refractivity contribution in [2.24, 2.45) is 5.92 Å².